The zero-order chi connectivity index (χ0) is 15.3. The van der Waals surface area contributed by atoms with Crippen molar-refractivity contribution < 1.29 is 9.59 Å². The molecule has 0 unspecified atom stereocenters. The molecule has 0 spiro atoms. The molecule has 0 bridgehead atoms. The number of hydrogen-bond acceptors (Lipinski definition) is 3. The highest BCUT2D eigenvalue weighted by Gasteiger charge is 2.40. The van der Waals surface area contributed by atoms with Crippen molar-refractivity contribution in [1.82, 2.24) is 0 Å². The first-order chi connectivity index (χ1) is 10.1. The van der Waals surface area contributed by atoms with Crippen LogP contribution in [0.2, 0.25) is 0 Å². The van der Waals surface area contributed by atoms with E-state index in [1.54, 1.807) is 48.5 Å². The molecule has 3 nitrogen and oxygen atoms in total. The summed E-state index contributed by atoms with van der Waals surface area (Å²) in [6.45, 7) is 1.36. The van der Waals surface area contributed by atoms with E-state index in [2.05, 4.69) is 6.07 Å². The second-order valence-electron chi connectivity index (χ2n) is 4.91. The van der Waals surface area contributed by atoms with Crippen LogP contribution < -0.4 is 0 Å². The lowest BCUT2D eigenvalue weighted by atomic mass is 9.74. The van der Waals surface area contributed by atoms with Gasteiger partial charge in [-0.2, -0.15) is 5.26 Å². The first kappa shape index (κ1) is 14.7. The average Bonchev–Trinajstić information content (AvgIpc) is 2.54. The van der Waals surface area contributed by atoms with Crippen LogP contribution in [0.4, 0.5) is 0 Å². The third-order valence-corrected chi connectivity index (χ3v) is 3.58. The van der Waals surface area contributed by atoms with Crippen LogP contribution in [0.25, 0.3) is 0 Å². The van der Waals surface area contributed by atoms with Gasteiger partial charge in [0.25, 0.3) is 0 Å². The van der Waals surface area contributed by atoms with E-state index in [9.17, 15) is 14.9 Å². The summed E-state index contributed by atoms with van der Waals surface area (Å²) < 4.78 is 0. The van der Waals surface area contributed by atoms with E-state index in [1.165, 1.54) is 6.92 Å². The van der Waals surface area contributed by atoms with Crippen LogP contribution in [0.3, 0.4) is 0 Å². The van der Waals surface area contributed by atoms with E-state index >= 15 is 0 Å². The number of benzene rings is 2. The molecule has 0 saturated carbocycles. The molecule has 104 valence electrons. The van der Waals surface area contributed by atoms with Gasteiger partial charge in [-0.1, -0.05) is 60.7 Å². The molecule has 2 aromatic carbocycles. The normalized spacial score (nSPS) is 13.0. The number of rotatable bonds is 5. The highest BCUT2D eigenvalue weighted by molar-refractivity contribution is 6.03. The van der Waals surface area contributed by atoms with Gasteiger partial charge in [0.15, 0.2) is 11.6 Å². The Hall–Kier alpha value is -2.73. The van der Waals surface area contributed by atoms with Crippen LogP contribution in [0.15, 0.2) is 60.7 Å². The monoisotopic (exact) mass is 277 g/mol. The highest BCUT2D eigenvalue weighted by Crippen LogP contribution is 2.30. The topological polar surface area (TPSA) is 57.9 Å². The van der Waals surface area contributed by atoms with Gasteiger partial charge in [0.05, 0.1) is 6.07 Å². The molecule has 0 radical (unpaired) electrons. The number of nitriles is 1. The molecule has 0 N–H and O–H groups in total. The minimum Gasteiger partial charge on any atom is -0.298 e. The highest BCUT2D eigenvalue weighted by atomic mass is 16.1. The van der Waals surface area contributed by atoms with E-state index < -0.39 is 5.41 Å². The maximum absolute atomic E-state index is 12.4. The van der Waals surface area contributed by atoms with Crippen LogP contribution in [0.5, 0.6) is 0 Å². The fraction of sp³-hybridized carbons (Fsp3) is 0.167. The van der Waals surface area contributed by atoms with E-state index in [-0.39, 0.29) is 18.0 Å². The first-order valence-electron chi connectivity index (χ1n) is 6.66. The van der Waals surface area contributed by atoms with Gasteiger partial charge in [0.1, 0.15) is 5.41 Å². The van der Waals surface area contributed by atoms with Crippen LogP contribution in [0.1, 0.15) is 29.3 Å². The molecule has 2 rings (SSSR count). The number of carbonyl (C=O) groups is 2. The molecule has 0 amide bonds. The summed E-state index contributed by atoms with van der Waals surface area (Å²) in [6, 6.07) is 19.5. The summed E-state index contributed by atoms with van der Waals surface area (Å²) >= 11 is 0. The van der Waals surface area contributed by atoms with Gasteiger partial charge >= 0.3 is 0 Å². The van der Waals surface area contributed by atoms with E-state index in [1.807, 2.05) is 12.1 Å². The Morgan fingerprint density at radius 2 is 1.52 bits per heavy atom. The Bertz CT molecular complexity index is 686. The van der Waals surface area contributed by atoms with Gasteiger partial charge < -0.3 is 0 Å². The fourth-order valence-corrected chi connectivity index (χ4v) is 2.30. The molecule has 0 aliphatic heterocycles. The lowest BCUT2D eigenvalue weighted by molar-refractivity contribution is -0.120. The van der Waals surface area contributed by atoms with Crippen LogP contribution in [-0.2, 0) is 10.2 Å². The predicted octanol–water partition coefficient (Wildman–Crippen LogP) is 3.31. The zero-order valence-corrected chi connectivity index (χ0v) is 11.7. The van der Waals surface area contributed by atoms with Crippen molar-refractivity contribution in [3.05, 3.63) is 71.8 Å². The maximum Gasteiger partial charge on any atom is 0.165 e. The SMILES string of the molecule is CC(=O)[C@](C#N)(CC(=O)c1ccccc1)c1ccccc1. The van der Waals surface area contributed by atoms with Crippen LogP contribution in [0, 0.1) is 11.3 Å². The molecule has 2 aromatic rings. The molecule has 21 heavy (non-hydrogen) atoms. The largest absolute Gasteiger partial charge is 0.298 e. The zero-order valence-electron chi connectivity index (χ0n) is 11.7. The molecular weight excluding hydrogens is 262 g/mol. The summed E-state index contributed by atoms with van der Waals surface area (Å²) in [7, 11) is 0. The number of carbonyl (C=O) groups excluding carboxylic acids is 2. The molecule has 0 aliphatic rings. The summed E-state index contributed by atoms with van der Waals surface area (Å²) in [5.41, 5.74) is -0.354. The second kappa shape index (κ2) is 6.15. The molecular formula is C18H15NO2. The van der Waals surface area contributed by atoms with Crippen LogP contribution >= 0.6 is 0 Å². The Labute approximate surface area is 123 Å². The van der Waals surface area contributed by atoms with Crippen molar-refractivity contribution in [2.24, 2.45) is 0 Å². The number of Topliss-reactive ketones (excluding diaryl/α,β-unsaturated/α-hetero) is 2. The lowest BCUT2D eigenvalue weighted by Crippen LogP contribution is -2.35. The minimum absolute atomic E-state index is 0.146. The summed E-state index contributed by atoms with van der Waals surface area (Å²) in [4.78, 5) is 24.5. The summed E-state index contributed by atoms with van der Waals surface area (Å²) in [5, 5.41) is 9.57. The predicted molar refractivity (Wildman–Crippen MR) is 79.8 cm³/mol. The number of nitrogens with zero attached hydrogens (tertiary/aromatic N) is 1. The number of hydrogen-bond donors (Lipinski definition) is 0. The van der Waals surface area contributed by atoms with Crippen LogP contribution in [-0.4, -0.2) is 11.6 Å². The van der Waals surface area contributed by atoms with Gasteiger partial charge in [-0.25, -0.2) is 0 Å². The molecule has 0 aliphatic carbocycles. The molecule has 1 atom stereocenters. The standard InChI is InChI=1S/C18H15NO2/c1-14(20)18(13-19,16-10-6-3-7-11-16)12-17(21)15-8-4-2-5-9-15/h2-11H,12H2,1H3/t18-/m1/s1. The second-order valence-corrected chi connectivity index (χ2v) is 4.91. The van der Waals surface area contributed by atoms with Crippen molar-refractivity contribution in [1.29, 1.82) is 5.26 Å². The molecule has 0 aromatic heterocycles. The lowest BCUT2D eigenvalue weighted by Gasteiger charge is -2.23. The van der Waals surface area contributed by atoms with Crippen molar-refractivity contribution in [2.75, 3.05) is 0 Å². The summed E-state index contributed by atoms with van der Waals surface area (Å²) in [5.74, 6) is -0.531. The Morgan fingerprint density at radius 3 is 2.00 bits per heavy atom. The quantitative estimate of drug-likeness (QED) is 0.788. The fourth-order valence-electron chi connectivity index (χ4n) is 2.30. The third-order valence-electron chi connectivity index (χ3n) is 3.58. The molecule has 3 heteroatoms. The average molecular weight is 277 g/mol. The van der Waals surface area contributed by atoms with Crippen molar-refractivity contribution in [3.8, 4) is 6.07 Å². The molecule has 0 saturated heterocycles. The van der Waals surface area contributed by atoms with Gasteiger partial charge in [-0.15, -0.1) is 0 Å². The first-order valence-corrected chi connectivity index (χ1v) is 6.66. The van der Waals surface area contributed by atoms with Gasteiger partial charge in [-0.3, -0.25) is 9.59 Å². The maximum atomic E-state index is 12.4. The number of ketones is 2. The van der Waals surface area contributed by atoms with E-state index in [0.717, 1.165) is 0 Å². The summed E-state index contributed by atoms with van der Waals surface area (Å²) in [6.07, 6.45) is -0.146. The smallest absolute Gasteiger partial charge is 0.165 e. The molecule has 0 heterocycles. The molecule has 0 fully saturated rings. The van der Waals surface area contributed by atoms with Crippen molar-refractivity contribution in [3.63, 3.8) is 0 Å². The van der Waals surface area contributed by atoms with Gasteiger partial charge in [0, 0.05) is 12.0 Å². The van der Waals surface area contributed by atoms with Gasteiger partial charge in [0.2, 0.25) is 0 Å². The Balaban J connectivity index is 2.42. The Morgan fingerprint density at radius 1 is 1.00 bits per heavy atom. The Kier molecular flexibility index (Phi) is 4.30. The van der Waals surface area contributed by atoms with E-state index in [4.69, 9.17) is 0 Å². The van der Waals surface area contributed by atoms with E-state index in [0.29, 0.717) is 11.1 Å². The minimum atomic E-state index is -1.42. The van der Waals surface area contributed by atoms with Crippen molar-refractivity contribution >= 4 is 11.6 Å². The van der Waals surface area contributed by atoms with Gasteiger partial charge in [-0.05, 0) is 12.5 Å². The van der Waals surface area contributed by atoms with Crippen molar-refractivity contribution in [2.45, 2.75) is 18.8 Å². The third kappa shape index (κ3) is 2.90.